The summed E-state index contributed by atoms with van der Waals surface area (Å²) in [5, 5.41) is 8.25. The van der Waals surface area contributed by atoms with E-state index in [-0.39, 0.29) is 52.6 Å². The fraction of sp³-hybridized carbons (Fsp3) is 0.395. The maximum absolute atomic E-state index is 14.9. The second-order valence-corrected chi connectivity index (χ2v) is 16.9. The molecule has 0 spiro atoms. The highest BCUT2D eigenvalue weighted by molar-refractivity contribution is 7.92. The summed E-state index contributed by atoms with van der Waals surface area (Å²) < 4.78 is 47.3. The lowest BCUT2D eigenvalue weighted by Gasteiger charge is -2.33. The van der Waals surface area contributed by atoms with Crippen LogP contribution in [0.25, 0.3) is 0 Å². The van der Waals surface area contributed by atoms with Gasteiger partial charge in [-0.2, -0.15) is 4.98 Å². The number of piperidine rings is 1. The maximum Gasteiger partial charge on any atom is 0.329 e. The molecule has 286 valence electrons. The zero-order valence-corrected chi connectivity index (χ0v) is 32.4. The van der Waals surface area contributed by atoms with Gasteiger partial charge in [0.25, 0.3) is 0 Å². The molecule has 2 aromatic carbocycles. The smallest absolute Gasteiger partial charge is 0.329 e. The van der Waals surface area contributed by atoms with Crippen molar-refractivity contribution in [1.29, 1.82) is 0 Å². The van der Waals surface area contributed by atoms with E-state index in [0.717, 1.165) is 43.3 Å². The summed E-state index contributed by atoms with van der Waals surface area (Å²) >= 11 is 6.48. The normalized spacial score (nSPS) is 15.8. The number of likely N-dealkylation sites (tertiary alicyclic amines) is 1. The van der Waals surface area contributed by atoms with Crippen molar-refractivity contribution in [3.05, 3.63) is 82.4 Å². The first-order valence-electron chi connectivity index (χ1n) is 17.9. The molecule has 0 unspecified atom stereocenters. The van der Waals surface area contributed by atoms with Gasteiger partial charge in [-0.05, 0) is 108 Å². The van der Waals surface area contributed by atoms with Gasteiger partial charge in [0, 0.05) is 25.1 Å². The van der Waals surface area contributed by atoms with E-state index in [9.17, 15) is 22.4 Å². The van der Waals surface area contributed by atoms with Crippen molar-refractivity contribution in [3.63, 3.8) is 0 Å². The number of hydrogen-bond acceptors (Lipinski definition) is 11. The van der Waals surface area contributed by atoms with Gasteiger partial charge in [-0.15, -0.1) is 0 Å². The third-order valence-electron chi connectivity index (χ3n) is 9.46. The van der Waals surface area contributed by atoms with Crippen LogP contribution in [0.1, 0.15) is 69.6 Å². The number of anilines is 5. The van der Waals surface area contributed by atoms with Crippen molar-refractivity contribution in [3.8, 4) is 5.75 Å². The minimum Gasteiger partial charge on any atom is -0.489 e. The summed E-state index contributed by atoms with van der Waals surface area (Å²) in [4.78, 5) is 40.7. The Morgan fingerprint density at radius 3 is 2.44 bits per heavy atom. The predicted octanol–water partition coefficient (Wildman–Crippen LogP) is 7.25. The lowest BCUT2D eigenvalue weighted by molar-refractivity contribution is -0.120. The lowest BCUT2D eigenvalue weighted by atomic mass is 9.86. The Morgan fingerprint density at radius 2 is 1.74 bits per heavy atom. The van der Waals surface area contributed by atoms with Gasteiger partial charge in [-0.3, -0.25) is 19.9 Å². The summed E-state index contributed by atoms with van der Waals surface area (Å²) in [6, 6.07) is 11.7. The number of halogens is 2. The Morgan fingerprint density at radius 1 is 1.00 bits per heavy atom. The molecule has 6 rings (SSSR count). The largest absolute Gasteiger partial charge is 0.489 e. The van der Waals surface area contributed by atoms with Crippen LogP contribution in [0.2, 0.25) is 5.02 Å². The Bertz CT molecular complexity index is 2160. The van der Waals surface area contributed by atoms with Crippen molar-refractivity contribution in [2.75, 3.05) is 35.2 Å². The number of ether oxygens (including phenoxy) is 1. The SMILES string of the molecule is Cc1cc(Nc2ncc(Cl)c(Nc3ccccc3S(=O)(=O)C(C)C)n2)c(OC(C)C)cc1C1CCN(Cc2cc(N3CCC(=O)NC3=O)ncc2F)CC1. The minimum absolute atomic E-state index is 0.123. The average Bonchev–Trinajstić information content (AvgIpc) is 3.12. The van der Waals surface area contributed by atoms with E-state index in [4.69, 9.17) is 16.3 Å². The highest BCUT2D eigenvalue weighted by Crippen LogP contribution is 2.39. The van der Waals surface area contributed by atoms with Gasteiger partial charge in [0.15, 0.2) is 15.7 Å². The molecule has 0 atom stereocenters. The van der Waals surface area contributed by atoms with E-state index in [1.807, 2.05) is 26.8 Å². The van der Waals surface area contributed by atoms with Crippen molar-refractivity contribution in [2.45, 2.75) is 82.6 Å². The van der Waals surface area contributed by atoms with E-state index in [2.05, 4.69) is 41.9 Å². The zero-order valence-electron chi connectivity index (χ0n) is 30.8. The van der Waals surface area contributed by atoms with Crippen molar-refractivity contribution < 1.29 is 27.1 Å². The number of carbonyl (C=O) groups is 2. The van der Waals surface area contributed by atoms with Gasteiger partial charge in [0.2, 0.25) is 11.9 Å². The molecule has 2 fully saturated rings. The number of nitrogens with one attached hydrogen (secondary N) is 3. The molecule has 3 amide bonds. The lowest BCUT2D eigenvalue weighted by Crippen LogP contribution is -2.50. The van der Waals surface area contributed by atoms with Gasteiger partial charge >= 0.3 is 6.03 Å². The van der Waals surface area contributed by atoms with Crippen molar-refractivity contribution in [1.82, 2.24) is 25.2 Å². The molecule has 4 heterocycles. The quantitative estimate of drug-likeness (QED) is 0.133. The Kier molecular flexibility index (Phi) is 11.7. The molecule has 2 aliphatic rings. The topological polar surface area (TPSA) is 159 Å². The summed E-state index contributed by atoms with van der Waals surface area (Å²) in [6.07, 6.45) is 4.29. The number of carbonyl (C=O) groups excluding carboxylic acids is 2. The predicted molar refractivity (Wildman–Crippen MR) is 206 cm³/mol. The van der Waals surface area contributed by atoms with Crippen LogP contribution >= 0.6 is 11.6 Å². The summed E-state index contributed by atoms with van der Waals surface area (Å²) in [5.41, 5.74) is 3.66. The molecule has 2 aliphatic heterocycles. The average molecular weight is 779 g/mol. The minimum atomic E-state index is -3.59. The van der Waals surface area contributed by atoms with Crippen LogP contribution in [-0.2, 0) is 21.2 Å². The van der Waals surface area contributed by atoms with Crippen molar-refractivity contribution >= 4 is 62.3 Å². The molecule has 0 aliphatic carbocycles. The number of urea groups is 1. The van der Waals surface area contributed by atoms with E-state index < -0.39 is 26.9 Å². The number of para-hydroxylation sites is 1. The summed E-state index contributed by atoms with van der Waals surface area (Å²) in [5.74, 6) is 0.869. The molecular formula is C38H44ClFN8O5S. The molecule has 2 saturated heterocycles. The van der Waals surface area contributed by atoms with Crippen LogP contribution in [0, 0.1) is 12.7 Å². The maximum atomic E-state index is 14.9. The number of rotatable bonds is 12. The third-order valence-corrected chi connectivity index (χ3v) is 11.9. The highest BCUT2D eigenvalue weighted by Gasteiger charge is 2.28. The molecule has 0 radical (unpaired) electrons. The number of imide groups is 1. The number of hydrogen-bond donors (Lipinski definition) is 3. The number of amides is 3. The number of benzene rings is 2. The number of aryl methyl sites for hydroxylation is 1. The number of aromatic nitrogens is 3. The standard InChI is InChI=1S/C38H44ClFN8O5S/c1-22(2)53-32-18-27(25-10-13-47(14-11-25)21-26-17-34(41-20-29(26)40)48-15-12-35(49)45-38(48)50)24(5)16-31(32)44-37-42-19-28(39)36(46-37)43-30-8-6-7-9-33(30)54(51,52)23(3)4/h6-9,16-20,22-23,25H,10-15,21H2,1-5H3,(H,45,49,50)(H2,42,43,44,46). The van der Waals surface area contributed by atoms with Gasteiger partial charge in [-0.1, -0.05) is 23.7 Å². The molecule has 13 nitrogen and oxygen atoms in total. The van der Waals surface area contributed by atoms with Crippen LogP contribution in [-0.4, -0.2) is 71.2 Å². The fourth-order valence-electron chi connectivity index (χ4n) is 6.59. The van der Waals surface area contributed by atoms with E-state index in [1.165, 1.54) is 11.1 Å². The van der Waals surface area contributed by atoms with Crippen LogP contribution in [0.5, 0.6) is 5.75 Å². The molecule has 3 N–H and O–H groups in total. The summed E-state index contributed by atoms with van der Waals surface area (Å²) in [7, 11) is -3.59. The number of nitrogens with zero attached hydrogens (tertiary/aromatic N) is 5. The van der Waals surface area contributed by atoms with E-state index >= 15 is 0 Å². The monoisotopic (exact) mass is 778 g/mol. The van der Waals surface area contributed by atoms with Crippen LogP contribution in [0.4, 0.5) is 38.1 Å². The fourth-order valence-corrected chi connectivity index (χ4v) is 7.93. The molecular weight excluding hydrogens is 735 g/mol. The van der Waals surface area contributed by atoms with Gasteiger partial charge in [0.1, 0.15) is 22.4 Å². The molecule has 16 heteroatoms. The van der Waals surface area contributed by atoms with Gasteiger partial charge in [0.05, 0.1) is 40.0 Å². The first kappa shape index (κ1) is 38.9. The van der Waals surface area contributed by atoms with Crippen LogP contribution in [0.15, 0.2) is 59.8 Å². The Labute approximate surface area is 319 Å². The van der Waals surface area contributed by atoms with E-state index in [0.29, 0.717) is 35.1 Å². The van der Waals surface area contributed by atoms with Crippen LogP contribution in [0.3, 0.4) is 0 Å². The number of pyridine rings is 1. The van der Waals surface area contributed by atoms with Crippen LogP contribution < -0.4 is 25.6 Å². The molecule has 0 bridgehead atoms. The number of sulfone groups is 1. The Balaban J connectivity index is 1.17. The molecule has 0 saturated carbocycles. The molecule has 4 aromatic rings. The van der Waals surface area contributed by atoms with Gasteiger partial charge < -0.3 is 15.4 Å². The second-order valence-electron chi connectivity index (χ2n) is 14.0. The zero-order chi connectivity index (χ0) is 38.7. The third kappa shape index (κ3) is 8.74. The second kappa shape index (κ2) is 16.2. The van der Waals surface area contributed by atoms with Gasteiger partial charge in [-0.25, -0.2) is 27.6 Å². The van der Waals surface area contributed by atoms with Crippen molar-refractivity contribution in [2.24, 2.45) is 0 Å². The first-order valence-corrected chi connectivity index (χ1v) is 19.8. The first-order chi connectivity index (χ1) is 25.7. The summed E-state index contributed by atoms with van der Waals surface area (Å²) in [6.45, 7) is 11.2. The van der Waals surface area contributed by atoms with E-state index in [1.54, 1.807) is 44.2 Å². The Hall–Kier alpha value is -4.86. The molecule has 54 heavy (non-hydrogen) atoms. The molecule has 2 aromatic heterocycles. The highest BCUT2D eigenvalue weighted by atomic mass is 35.5.